The smallest absolute Gasteiger partial charge is 0.211 e. The molecule has 1 fully saturated rings. The molecule has 0 atom stereocenters. The fourth-order valence-electron chi connectivity index (χ4n) is 1.55. The van der Waals surface area contributed by atoms with Crippen LogP contribution in [0.3, 0.4) is 0 Å². The Balaban J connectivity index is 2.47. The van der Waals surface area contributed by atoms with E-state index in [1.807, 2.05) is 0 Å². The molecule has 12 heavy (non-hydrogen) atoms. The molecule has 0 amide bonds. The summed E-state index contributed by atoms with van der Waals surface area (Å²) in [6.45, 7) is 3.02. The minimum atomic E-state index is -3.00. The van der Waals surface area contributed by atoms with Crippen molar-refractivity contribution < 1.29 is 8.42 Å². The number of nitrogens with two attached hydrogens (primary N) is 1. The highest BCUT2D eigenvalue weighted by Gasteiger charge is 2.42. The van der Waals surface area contributed by atoms with Crippen molar-refractivity contribution >= 4 is 10.0 Å². The second-order valence-corrected chi connectivity index (χ2v) is 5.63. The van der Waals surface area contributed by atoms with Crippen LogP contribution in [0.5, 0.6) is 0 Å². The third kappa shape index (κ3) is 1.97. The summed E-state index contributed by atoms with van der Waals surface area (Å²) in [4.78, 5) is 0. The maximum atomic E-state index is 11.0. The van der Waals surface area contributed by atoms with Gasteiger partial charge in [0.05, 0.1) is 6.26 Å². The molecule has 1 aliphatic heterocycles. The fraction of sp³-hybridized carbons (Fsp3) is 1.00. The summed E-state index contributed by atoms with van der Waals surface area (Å²) in [5.41, 5.74) is 5.64. The molecule has 0 bridgehead atoms. The van der Waals surface area contributed by atoms with Crippen molar-refractivity contribution in [2.24, 2.45) is 5.73 Å². The van der Waals surface area contributed by atoms with Crippen LogP contribution in [0.2, 0.25) is 0 Å². The maximum Gasteiger partial charge on any atom is 0.211 e. The van der Waals surface area contributed by atoms with Crippen molar-refractivity contribution in [2.75, 3.05) is 19.3 Å². The van der Waals surface area contributed by atoms with Crippen LogP contribution < -0.4 is 5.73 Å². The lowest BCUT2D eigenvalue weighted by Crippen LogP contribution is -2.68. The molecule has 4 nitrogen and oxygen atoms in total. The van der Waals surface area contributed by atoms with Gasteiger partial charge in [0.25, 0.3) is 0 Å². The molecule has 1 heterocycles. The van der Waals surface area contributed by atoms with E-state index in [-0.39, 0.29) is 5.54 Å². The molecule has 0 unspecified atom stereocenters. The van der Waals surface area contributed by atoms with E-state index in [1.165, 1.54) is 10.6 Å². The number of sulfonamides is 1. The quantitative estimate of drug-likeness (QED) is 0.671. The number of nitrogens with zero attached hydrogens (tertiary/aromatic N) is 1. The van der Waals surface area contributed by atoms with E-state index in [4.69, 9.17) is 5.73 Å². The molecule has 72 valence electrons. The first kappa shape index (κ1) is 9.95. The molecule has 1 rings (SSSR count). The van der Waals surface area contributed by atoms with Crippen LogP contribution in [-0.2, 0) is 10.0 Å². The molecule has 2 N–H and O–H groups in total. The van der Waals surface area contributed by atoms with Gasteiger partial charge in [0, 0.05) is 18.6 Å². The third-order valence-corrected chi connectivity index (χ3v) is 3.40. The van der Waals surface area contributed by atoms with Gasteiger partial charge in [-0.15, -0.1) is 0 Å². The van der Waals surface area contributed by atoms with Gasteiger partial charge >= 0.3 is 0 Å². The second kappa shape index (κ2) is 2.97. The lowest BCUT2D eigenvalue weighted by atomic mass is 9.89. The van der Waals surface area contributed by atoms with E-state index in [0.717, 1.165) is 12.8 Å². The molecular weight excluding hydrogens is 176 g/mol. The molecule has 0 aromatic rings. The summed E-state index contributed by atoms with van der Waals surface area (Å²) in [5, 5.41) is 0. The lowest BCUT2D eigenvalue weighted by Gasteiger charge is -2.46. The van der Waals surface area contributed by atoms with Crippen LogP contribution in [-0.4, -0.2) is 37.6 Å². The van der Waals surface area contributed by atoms with Gasteiger partial charge in [0.1, 0.15) is 0 Å². The van der Waals surface area contributed by atoms with Crippen molar-refractivity contribution in [3.8, 4) is 0 Å². The largest absolute Gasteiger partial charge is 0.323 e. The summed E-state index contributed by atoms with van der Waals surface area (Å²) in [7, 11) is -3.00. The Hall–Kier alpha value is -0.130. The first-order valence-electron chi connectivity index (χ1n) is 4.11. The molecular formula is C7H16N2O2S. The van der Waals surface area contributed by atoms with Gasteiger partial charge in [-0.1, -0.05) is 13.3 Å². The van der Waals surface area contributed by atoms with Gasteiger partial charge in [0.2, 0.25) is 10.0 Å². The first-order chi connectivity index (χ1) is 5.37. The van der Waals surface area contributed by atoms with Crippen LogP contribution in [0.1, 0.15) is 19.8 Å². The minimum Gasteiger partial charge on any atom is -0.323 e. The first-order valence-corrected chi connectivity index (χ1v) is 5.96. The average molecular weight is 192 g/mol. The third-order valence-electron chi connectivity index (χ3n) is 2.20. The number of hydrogen-bond donors (Lipinski definition) is 1. The van der Waals surface area contributed by atoms with Crippen molar-refractivity contribution in [2.45, 2.75) is 25.3 Å². The highest BCUT2D eigenvalue weighted by atomic mass is 32.2. The Bertz CT molecular complexity index is 255. The van der Waals surface area contributed by atoms with E-state index in [9.17, 15) is 8.42 Å². The van der Waals surface area contributed by atoms with Crippen molar-refractivity contribution in [1.29, 1.82) is 0 Å². The Morgan fingerprint density at radius 1 is 1.50 bits per heavy atom. The van der Waals surface area contributed by atoms with Gasteiger partial charge in [-0.05, 0) is 6.42 Å². The summed E-state index contributed by atoms with van der Waals surface area (Å²) in [5.74, 6) is 0. The fourth-order valence-corrected chi connectivity index (χ4v) is 2.53. The zero-order valence-corrected chi connectivity index (χ0v) is 8.39. The topological polar surface area (TPSA) is 63.4 Å². The highest BCUT2D eigenvalue weighted by molar-refractivity contribution is 7.88. The second-order valence-electron chi connectivity index (χ2n) is 3.64. The van der Waals surface area contributed by atoms with E-state index >= 15 is 0 Å². The molecule has 0 aromatic heterocycles. The zero-order chi connectivity index (χ0) is 9.41. The van der Waals surface area contributed by atoms with Crippen molar-refractivity contribution in [3.05, 3.63) is 0 Å². The normalized spacial score (nSPS) is 23.6. The van der Waals surface area contributed by atoms with Gasteiger partial charge in [0.15, 0.2) is 0 Å². The number of hydrogen-bond acceptors (Lipinski definition) is 3. The van der Waals surface area contributed by atoms with Crippen molar-refractivity contribution in [1.82, 2.24) is 4.31 Å². The van der Waals surface area contributed by atoms with E-state index in [1.54, 1.807) is 0 Å². The van der Waals surface area contributed by atoms with Crippen LogP contribution in [0.25, 0.3) is 0 Å². The van der Waals surface area contributed by atoms with E-state index in [0.29, 0.717) is 13.1 Å². The highest BCUT2D eigenvalue weighted by Crippen LogP contribution is 2.24. The SMILES string of the molecule is CCCC1(N)CN(S(C)(=O)=O)C1. The summed E-state index contributed by atoms with van der Waals surface area (Å²) < 4.78 is 23.4. The Kier molecular flexibility index (Phi) is 2.47. The van der Waals surface area contributed by atoms with Gasteiger partial charge in [-0.3, -0.25) is 0 Å². The monoisotopic (exact) mass is 192 g/mol. The molecule has 5 heteroatoms. The van der Waals surface area contributed by atoms with Crippen LogP contribution >= 0.6 is 0 Å². The molecule has 0 spiro atoms. The summed E-state index contributed by atoms with van der Waals surface area (Å²) in [6.07, 6.45) is 3.13. The summed E-state index contributed by atoms with van der Waals surface area (Å²) in [6, 6.07) is 0. The Morgan fingerprint density at radius 2 is 2.00 bits per heavy atom. The average Bonchev–Trinajstić information content (AvgIpc) is 1.81. The van der Waals surface area contributed by atoms with Crippen LogP contribution in [0.15, 0.2) is 0 Å². The van der Waals surface area contributed by atoms with Crippen LogP contribution in [0, 0.1) is 0 Å². The number of rotatable bonds is 3. The minimum absolute atomic E-state index is 0.252. The standard InChI is InChI=1S/C7H16N2O2S/c1-3-4-7(8)5-9(6-7)12(2,10)11/h3-6,8H2,1-2H3. The van der Waals surface area contributed by atoms with E-state index in [2.05, 4.69) is 6.92 Å². The Morgan fingerprint density at radius 3 is 2.33 bits per heavy atom. The molecule has 1 saturated heterocycles. The van der Waals surface area contributed by atoms with Gasteiger partial charge in [-0.25, -0.2) is 8.42 Å². The zero-order valence-electron chi connectivity index (χ0n) is 7.58. The Labute approximate surface area is 73.8 Å². The molecule has 1 aliphatic rings. The van der Waals surface area contributed by atoms with Gasteiger partial charge in [-0.2, -0.15) is 4.31 Å². The molecule has 0 radical (unpaired) electrons. The summed E-state index contributed by atoms with van der Waals surface area (Å²) >= 11 is 0. The molecule has 0 aromatic carbocycles. The van der Waals surface area contributed by atoms with Crippen LogP contribution in [0.4, 0.5) is 0 Å². The molecule has 0 saturated carbocycles. The molecule has 0 aliphatic carbocycles. The maximum absolute atomic E-state index is 11.0. The van der Waals surface area contributed by atoms with Crippen molar-refractivity contribution in [3.63, 3.8) is 0 Å². The predicted molar refractivity (Wildman–Crippen MR) is 48.2 cm³/mol. The van der Waals surface area contributed by atoms with E-state index < -0.39 is 10.0 Å². The predicted octanol–water partition coefficient (Wildman–Crippen LogP) is -0.241. The van der Waals surface area contributed by atoms with Gasteiger partial charge < -0.3 is 5.73 Å². The lowest BCUT2D eigenvalue weighted by molar-refractivity contribution is 0.148.